The topological polar surface area (TPSA) is 97.8 Å². The van der Waals surface area contributed by atoms with E-state index in [-0.39, 0.29) is 5.82 Å². The fourth-order valence-corrected chi connectivity index (χ4v) is 1.14. The van der Waals surface area contributed by atoms with Crippen molar-refractivity contribution in [3.8, 4) is 0 Å². The predicted molar refractivity (Wildman–Crippen MR) is 49.0 cm³/mol. The van der Waals surface area contributed by atoms with Crippen molar-refractivity contribution >= 4 is 22.6 Å². The van der Waals surface area contributed by atoms with Crippen LogP contribution in [0.3, 0.4) is 0 Å². The number of nitrogen functional groups attached to an aromatic ring is 1. The van der Waals surface area contributed by atoms with Gasteiger partial charge >= 0.3 is 0 Å². The number of aromatic amines is 1. The molecule has 66 valence electrons. The molecule has 0 aliphatic carbocycles. The Morgan fingerprint density at radius 2 is 2.23 bits per heavy atom. The number of nitrogens with zero attached hydrogens (tertiary/aromatic N) is 1. The van der Waals surface area contributed by atoms with E-state index in [0.717, 1.165) is 0 Å². The fraction of sp³-hybridized carbons (Fsp3) is 0. The number of aromatic nitrogens is 2. The van der Waals surface area contributed by atoms with Gasteiger partial charge in [0.2, 0.25) is 0 Å². The van der Waals surface area contributed by atoms with Gasteiger partial charge in [-0.2, -0.15) is 0 Å². The highest BCUT2D eigenvalue weighted by molar-refractivity contribution is 5.93. The summed E-state index contributed by atoms with van der Waals surface area (Å²) in [4.78, 5) is 17.5. The lowest BCUT2D eigenvalue weighted by Crippen LogP contribution is -2.12. The highest BCUT2D eigenvalue weighted by Crippen LogP contribution is 2.14. The molecule has 13 heavy (non-hydrogen) atoms. The number of nitrogens with one attached hydrogen (secondary N) is 1. The number of imidazole rings is 1. The molecule has 0 fully saturated rings. The molecule has 0 aliphatic rings. The summed E-state index contributed by atoms with van der Waals surface area (Å²) in [6.07, 6.45) is 0. The van der Waals surface area contributed by atoms with Crippen LogP contribution in [-0.4, -0.2) is 15.9 Å². The largest absolute Gasteiger partial charge is 0.399 e. The molecule has 1 amide bonds. The zero-order valence-corrected chi connectivity index (χ0v) is 6.74. The van der Waals surface area contributed by atoms with Gasteiger partial charge in [-0.3, -0.25) is 4.79 Å². The number of carbonyl (C=O) groups excluding carboxylic acids is 1. The minimum Gasteiger partial charge on any atom is -0.399 e. The van der Waals surface area contributed by atoms with Crippen molar-refractivity contribution in [2.45, 2.75) is 0 Å². The number of carbonyl (C=O) groups is 1. The van der Waals surface area contributed by atoms with E-state index in [2.05, 4.69) is 9.97 Å². The van der Waals surface area contributed by atoms with Gasteiger partial charge in [0.05, 0.1) is 11.0 Å². The molecule has 5 N–H and O–H groups in total. The quantitative estimate of drug-likeness (QED) is 0.543. The first-order chi connectivity index (χ1) is 6.16. The molecule has 5 heteroatoms. The smallest absolute Gasteiger partial charge is 0.284 e. The molecule has 0 aliphatic heterocycles. The van der Waals surface area contributed by atoms with Gasteiger partial charge in [0, 0.05) is 5.69 Å². The maximum Gasteiger partial charge on any atom is 0.284 e. The average molecular weight is 176 g/mol. The number of amides is 1. The van der Waals surface area contributed by atoms with Crippen molar-refractivity contribution in [2.75, 3.05) is 5.73 Å². The standard InChI is InChI=1S/C8H8N4O/c9-4-1-2-5-6(3-4)12-8(11-5)7(10)13/h1-3H,9H2,(H2,10,13)(H,11,12). The number of nitrogens with two attached hydrogens (primary N) is 2. The van der Waals surface area contributed by atoms with E-state index in [1.165, 1.54) is 0 Å². The Morgan fingerprint density at radius 1 is 1.46 bits per heavy atom. The number of hydrogen-bond donors (Lipinski definition) is 3. The summed E-state index contributed by atoms with van der Waals surface area (Å²) in [6, 6.07) is 5.15. The molecular formula is C8H8N4O. The second kappa shape index (κ2) is 2.48. The van der Waals surface area contributed by atoms with E-state index in [0.29, 0.717) is 16.7 Å². The Bertz CT molecular complexity index is 474. The molecule has 0 atom stereocenters. The van der Waals surface area contributed by atoms with E-state index < -0.39 is 5.91 Å². The molecule has 0 radical (unpaired) electrons. The van der Waals surface area contributed by atoms with Gasteiger partial charge in [0.1, 0.15) is 0 Å². The van der Waals surface area contributed by atoms with Gasteiger partial charge in [-0.05, 0) is 18.2 Å². The molecule has 0 bridgehead atoms. The van der Waals surface area contributed by atoms with E-state index in [1.54, 1.807) is 18.2 Å². The summed E-state index contributed by atoms with van der Waals surface area (Å²) in [7, 11) is 0. The lowest BCUT2D eigenvalue weighted by molar-refractivity contribution is 0.0991. The van der Waals surface area contributed by atoms with Gasteiger partial charge in [-0.15, -0.1) is 0 Å². The Hall–Kier alpha value is -2.04. The molecule has 1 aromatic heterocycles. The molecule has 0 spiro atoms. The summed E-state index contributed by atoms with van der Waals surface area (Å²) in [5.41, 5.74) is 12.6. The molecule has 0 unspecified atom stereocenters. The average Bonchev–Trinajstić information content (AvgIpc) is 2.46. The highest BCUT2D eigenvalue weighted by Gasteiger charge is 2.06. The Kier molecular flexibility index (Phi) is 1.45. The monoisotopic (exact) mass is 176 g/mol. The lowest BCUT2D eigenvalue weighted by atomic mass is 10.3. The van der Waals surface area contributed by atoms with E-state index >= 15 is 0 Å². The van der Waals surface area contributed by atoms with Crippen LogP contribution in [0.5, 0.6) is 0 Å². The minimum absolute atomic E-state index is 0.153. The zero-order chi connectivity index (χ0) is 9.42. The summed E-state index contributed by atoms with van der Waals surface area (Å²) in [5, 5.41) is 0. The number of primary amides is 1. The first-order valence-corrected chi connectivity index (χ1v) is 3.72. The molecule has 1 heterocycles. The van der Waals surface area contributed by atoms with Gasteiger partial charge in [0.15, 0.2) is 5.82 Å². The summed E-state index contributed by atoms with van der Waals surface area (Å²) in [6.45, 7) is 0. The number of rotatable bonds is 1. The number of hydrogen-bond acceptors (Lipinski definition) is 3. The van der Waals surface area contributed by atoms with Gasteiger partial charge in [0.25, 0.3) is 5.91 Å². The third-order valence-corrected chi connectivity index (χ3v) is 1.74. The minimum atomic E-state index is -0.574. The van der Waals surface area contributed by atoms with Gasteiger partial charge in [-0.1, -0.05) is 0 Å². The Balaban J connectivity index is 2.68. The van der Waals surface area contributed by atoms with Crippen LogP contribution in [0.25, 0.3) is 11.0 Å². The third kappa shape index (κ3) is 1.20. The maximum atomic E-state index is 10.8. The van der Waals surface area contributed by atoms with Crippen molar-refractivity contribution in [3.63, 3.8) is 0 Å². The van der Waals surface area contributed by atoms with Crippen molar-refractivity contribution in [3.05, 3.63) is 24.0 Å². The highest BCUT2D eigenvalue weighted by atomic mass is 16.1. The van der Waals surface area contributed by atoms with Crippen molar-refractivity contribution in [1.29, 1.82) is 0 Å². The Morgan fingerprint density at radius 3 is 2.92 bits per heavy atom. The van der Waals surface area contributed by atoms with Crippen molar-refractivity contribution < 1.29 is 4.79 Å². The van der Waals surface area contributed by atoms with Crippen LogP contribution in [0.15, 0.2) is 18.2 Å². The summed E-state index contributed by atoms with van der Waals surface area (Å²) < 4.78 is 0. The van der Waals surface area contributed by atoms with Crippen LogP contribution in [0.2, 0.25) is 0 Å². The fourth-order valence-electron chi connectivity index (χ4n) is 1.14. The molecule has 0 saturated heterocycles. The van der Waals surface area contributed by atoms with Crippen LogP contribution in [-0.2, 0) is 0 Å². The van der Waals surface area contributed by atoms with Crippen LogP contribution in [0, 0.1) is 0 Å². The Labute approximate surface area is 73.7 Å². The molecule has 2 rings (SSSR count). The first kappa shape index (κ1) is 7.60. The second-order valence-corrected chi connectivity index (χ2v) is 2.73. The van der Waals surface area contributed by atoms with Crippen LogP contribution in [0.1, 0.15) is 10.6 Å². The number of H-pyrrole nitrogens is 1. The zero-order valence-electron chi connectivity index (χ0n) is 6.74. The second-order valence-electron chi connectivity index (χ2n) is 2.73. The summed E-state index contributed by atoms with van der Waals surface area (Å²) in [5.74, 6) is -0.421. The molecule has 5 nitrogen and oxygen atoms in total. The lowest BCUT2D eigenvalue weighted by Gasteiger charge is -1.89. The number of anilines is 1. The molecule has 0 saturated carbocycles. The van der Waals surface area contributed by atoms with E-state index in [4.69, 9.17) is 11.5 Å². The maximum absolute atomic E-state index is 10.8. The molecule has 2 aromatic rings. The molecule has 1 aromatic carbocycles. The number of benzene rings is 1. The van der Waals surface area contributed by atoms with Crippen LogP contribution < -0.4 is 11.5 Å². The van der Waals surface area contributed by atoms with Crippen molar-refractivity contribution in [2.24, 2.45) is 5.73 Å². The van der Waals surface area contributed by atoms with Crippen molar-refractivity contribution in [1.82, 2.24) is 9.97 Å². The summed E-state index contributed by atoms with van der Waals surface area (Å²) >= 11 is 0. The van der Waals surface area contributed by atoms with E-state index in [1.807, 2.05) is 0 Å². The third-order valence-electron chi connectivity index (χ3n) is 1.74. The molecular weight excluding hydrogens is 168 g/mol. The number of fused-ring (bicyclic) bond motifs is 1. The normalized spacial score (nSPS) is 10.5. The van der Waals surface area contributed by atoms with Gasteiger partial charge < -0.3 is 16.5 Å². The van der Waals surface area contributed by atoms with Crippen LogP contribution in [0.4, 0.5) is 5.69 Å². The first-order valence-electron chi connectivity index (χ1n) is 3.72. The van der Waals surface area contributed by atoms with Crippen LogP contribution >= 0.6 is 0 Å². The van der Waals surface area contributed by atoms with E-state index in [9.17, 15) is 4.79 Å². The van der Waals surface area contributed by atoms with Gasteiger partial charge in [-0.25, -0.2) is 4.98 Å². The predicted octanol–water partition coefficient (Wildman–Crippen LogP) is 0.244. The SMILES string of the molecule is NC(=O)c1nc2ccc(N)cc2[nH]1.